The number of anilines is 1. The Bertz CT molecular complexity index is 1660. The number of aryl methyl sites for hydroxylation is 2. The number of phenols is 1. The maximum atomic E-state index is 13.0. The van der Waals surface area contributed by atoms with Crippen LogP contribution in [0, 0.1) is 6.92 Å². The number of hydrogen-bond acceptors (Lipinski definition) is 5. The lowest BCUT2D eigenvalue weighted by Crippen LogP contribution is -2.34. The number of halogens is 1. The fourth-order valence-corrected chi connectivity index (χ4v) is 4.83. The maximum absolute atomic E-state index is 13.0. The second-order valence-electron chi connectivity index (χ2n) is 8.41. The number of nitrogens with zero attached hydrogens (tertiary/aromatic N) is 1. The number of benzene rings is 4. The molecule has 0 aliphatic carbocycles. The minimum absolute atomic E-state index is 0.0686. The molecule has 36 heavy (non-hydrogen) atoms. The van der Waals surface area contributed by atoms with Gasteiger partial charge in [0.1, 0.15) is 11.3 Å². The molecule has 5 rings (SSSR count). The monoisotopic (exact) mass is 559 g/mol. The number of hydrogen-bond donors (Lipinski definition) is 3. The number of carbonyl (C=O) groups is 1. The van der Waals surface area contributed by atoms with Gasteiger partial charge in [0.05, 0.1) is 5.56 Å². The van der Waals surface area contributed by atoms with E-state index in [1.165, 1.54) is 0 Å². The van der Waals surface area contributed by atoms with Crippen LogP contribution in [0.1, 0.15) is 28.4 Å². The molecular formula is C28H22BrN3O3S. The molecule has 0 aliphatic heterocycles. The highest BCUT2D eigenvalue weighted by molar-refractivity contribution is 9.10. The molecule has 6 nitrogen and oxygen atoms in total. The molecule has 180 valence electrons. The zero-order chi connectivity index (χ0) is 25.4. The van der Waals surface area contributed by atoms with E-state index in [-0.39, 0.29) is 16.8 Å². The second kappa shape index (κ2) is 9.72. The number of aromatic hydroxyl groups is 1. The van der Waals surface area contributed by atoms with E-state index >= 15 is 0 Å². The predicted molar refractivity (Wildman–Crippen MR) is 151 cm³/mol. The first-order valence-corrected chi connectivity index (χ1v) is 12.6. The van der Waals surface area contributed by atoms with Gasteiger partial charge in [-0.2, -0.15) is 0 Å². The van der Waals surface area contributed by atoms with E-state index in [1.807, 2.05) is 48.5 Å². The minimum Gasteiger partial charge on any atom is -0.507 e. The molecule has 0 fully saturated rings. The van der Waals surface area contributed by atoms with Crippen LogP contribution in [0.2, 0.25) is 0 Å². The van der Waals surface area contributed by atoms with Crippen LogP contribution in [0.4, 0.5) is 5.69 Å². The third-order valence-electron chi connectivity index (χ3n) is 5.99. The summed E-state index contributed by atoms with van der Waals surface area (Å²) in [4.78, 5) is 17.6. The normalized spacial score (nSPS) is 11.1. The van der Waals surface area contributed by atoms with Crippen LogP contribution in [0.15, 0.2) is 75.6 Å². The molecule has 5 aromatic rings. The summed E-state index contributed by atoms with van der Waals surface area (Å²) in [6.07, 6.45) is 0.890. The number of fused-ring (bicyclic) bond motifs is 2. The van der Waals surface area contributed by atoms with E-state index in [9.17, 15) is 9.90 Å². The summed E-state index contributed by atoms with van der Waals surface area (Å²) >= 11 is 8.95. The van der Waals surface area contributed by atoms with Gasteiger partial charge in [-0.05, 0) is 83.9 Å². The zero-order valence-electron chi connectivity index (χ0n) is 19.6. The largest absolute Gasteiger partial charge is 0.507 e. The topological polar surface area (TPSA) is 87.4 Å². The van der Waals surface area contributed by atoms with Crippen LogP contribution < -0.4 is 10.6 Å². The number of amides is 1. The van der Waals surface area contributed by atoms with Crippen molar-refractivity contribution in [3.63, 3.8) is 0 Å². The Hall–Kier alpha value is -3.75. The molecule has 8 heteroatoms. The Balaban J connectivity index is 1.40. The summed E-state index contributed by atoms with van der Waals surface area (Å²) in [5.41, 5.74) is 4.66. The average Bonchev–Trinajstić information content (AvgIpc) is 3.29. The van der Waals surface area contributed by atoms with Gasteiger partial charge in [0, 0.05) is 15.7 Å². The van der Waals surface area contributed by atoms with Crippen molar-refractivity contribution < 1.29 is 14.3 Å². The molecule has 1 aromatic heterocycles. The van der Waals surface area contributed by atoms with Crippen molar-refractivity contribution in [3.05, 3.63) is 87.9 Å². The lowest BCUT2D eigenvalue weighted by Gasteiger charge is -2.13. The molecule has 0 atom stereocenters. The van der Waals surface area contributed by atoms with E-state index in [2.05, 4.69) is 38.5 Å². The summed E-state index contributed by atoms with van der Waals surface area (Å²) in [7, 11) is 0. The number of aromatic nitrogens is 1. The van der Waals surface area contributed by atoms with Crippen molar-refractivity contribution in [2.45, 2.75) is 20.3 Å². The molecule has 0 saturated heterocycles. The Morgan fingerprint density at radius 1 is 1.08 bits per heavy atom. The van der Waals surface area contributed by atoms with Crippen LogP contribution in [-0.4, -0.2) is 21.1 Å². The lowest BCUT2D eigenvalue weighted by atomic mass is 10.0. The number of nitrogens with one attached hydrogen (secondary N) is 2. The number of carbonyl (C=O) groups excluding carboxylic acids is 1. The molecule has 3 N–H and O–H groups in total. The van der Waals surface area contributed by atoms with Crippen molar-refractivity contribution in [1.29, 1.82) is 0 Å². The van der Waals surface area contributed by atoms with Gasteiger partial charge in [0.2, 0.25) is 5.89 Å². The van der Waals surface area contributed by atoms with E-state index in [0.717, 1.165) is 32.7 Å². The first-order valence-electron chi connectivity index (χ1n) is 11.4. The van der Waals surface area contributed by atoms with Gasteiger partial charge in [0.25, 0.3) is 5.91 Å². The Morgan fingerprint density at radius 3 is 2.67 bits per heavy atom. The molecule has 0 aliphatic rings. The molecule has 1 heterocycles. The first kappa shape index (κ1) is 24.0. The second-order valence-corrected chi connectivity index (χ2v) is 9.68. The predicted octanol–water partition coefficient (Wildman–Crippen LogP) is 7.11. The van der Waals surface area contributed by atoms with Crippen molar-refractivity contribution >= 4 is 66.7 Å². The van der Waals surface area contributed by atoms with Crippen LogP contribution >= 0.6 is 28.1 Å². The van der Waals surface area contributed by atoms with Gasteiger partial charge in [-0.15, -0.1) is 0 Å². The van der Waals surface area contributed by atoms with E-state index in [1.54, 1.807) is 25.1 Å². The van der Waals surface area contributed by atoms with Crippen molar-refractivity contribution in [2.24, 2.45) is 0 Å². The molecule has 0 bridgehead atoms. The number of thiocarbonyl (C=S) groups is 1. The summed E-state index contributed by atoms with van der Waals surface area (Å²) in [5.74, 6) is 0.0514. The zero-order valence-corrected chi connectivity index (χ0v) is 22.0. The van der Waals surface area contributed by atoms with Crippen molar-refractivity contribution in [2.75, 3.05) is 5.32 Å². The van der Waals surface area contributed by atoms with Gasteiger partial charge in [-0.1, -0.05) is 53.2 Å². The van der Waals surface area contributed by atoms with Crippen molar-refractivity contribution in [3.8, 4) is 17.2 Å². The highest BCUT2D eigenvalue weighted by Gasteiger charge is 2.17. The maximum Gasteiger partial charge on any atom is 0.258 e. The highest BCUT2D eigenvalue weighted by Crippen LogP contribution is 2.36. The smallest absolute Gasteiger partial charge is 0.258 e. The average molecular weight is 560 g/mol. The Labute approximate surface area is 221 Å². The third kappa shape index (κ3) is 4.57. The standard InChI is InChI=1S/C28H22BrN3O3S/c1-3-16-10-11-24-23(13-16)31-27(35-24)21-14-17(12-15(2)25(21)33)30-28(36)32-26(34)20-8-4-7-19-18(20)6-5-9-22(19)29/h4-14,33H,3H2,1-2H3,(H2,30,32,34,36). The van der Waals surface area contributed by atoms with E-state index in [0.29, 0.717) is 33.9 Å². The Morgan fingerprint density at radius 2 is 1.86 bits per heavy atom. The van der Waals surface area contributed by atoms with Gasteiger partial charge >= 0.3 is 0 Å². The van der Waals surface area contributed by atoms with Crippen LogP contribution in [0.3, 0.4) is 0 Å². The highest BCUT2D eigenvalue weighted by atomic mass is 79.9. The molecule has 0 radical (unpaired) electrons. The summed E-state index contributed by atoms with van der Waals surface area (Å²) < 4.78 is 6.83. The lowest BCUT2D eigenvalue weighted by molar-refractivity contribution is 0.0979. The summed E-state index contributed by atoms with van der Waals surface area (Å²) in [6, 6.07) is 20.5. The molecule has 0 unspecified atom stereocenters. The molecular weight excluding hydrogens is 538 g/mol. The summed E-state index contributed by atoms with van der Waals surface area (Å²) in [5, 5.41) is 18.4. The molecule has 0 spiro atoms. The van der Waals surface area contributed by atoms with E-state index < -0.39 is 0 Å². The SMILES string of the molecule is CCc1ccc2oc(-c3cc(NC(=S)NC(=O)c4cccc5c(Br)cccc45)cc(C)c3O)nc2c1. The van der Waals surface area contributed by atoms with Gasteiger partial charge in [-0.3, -0.25) is 10.1 Å². The summed E-state index contributed by atoms with van der Waals surface area (Å²) in [6.45, 7) is 3.85. The van der Waals surface area contributed by atoms with Gasteiger partial charge in [0.15, 0.2) is 10.7 Å². The minimum atomic E-state index is -0.322. The van der Waals surface area contributed by atoms with Crippen molar-refractivity contribution in [1.82, 2.24) is 10.3 Å². The number of oxazole rings is 1. The van der Waals surface area contributed by atoms with Gasteiger partial charge < -0.3 is 14.8 Å². The van der Waals surface area contributed by atoms with Crippen LogP contribution in [-0.2, 0) is 6.42 Å². The van der Waals surface area contributed by atoms with E-state index in [4.69, 9.17) is 16.6 Å². The van der Waals surface area contributed by atoms with Crippen LogP contribution in [0.25, 0.3) is 33.3 Å². The fraction of sp³-hybridized carbons (Fsp3) is 0.107. The molecule has 0 saturated carbocycles. The first-order chi connectivity index (χ1) is 17.3. The quantitative estimate of drug-likeness (QED) is 0.160. The third-order valence-corrected chi connectivity index (χ3v) is 6.89. The molecule has 4 aromatic carbocycles. The molecule has 1 amide bonds. The number of phenolic OH excluding ortho intramolecular Hbond substituents is 1. The van der Waals surface area contributed by atoms with Crippen LogP contribution in [0.5, 0.6) is 5.75 Å². The number of rotatable bonds is 4. The Kier molecular flexibility index (Phi) is 6.47. The van der Waals surface area contributed by atoms with Gasteiger partial charge in [-0.25, -0.2) is 4.98 Å². The fourth-order valence-electron chi connectivity index (χ4n) is 4.13.